The Kier molecular flexibility index (Phi) is 6.27. The van der Waals surface area contributed by atoms with Crippen LogP contribution in [0.25, 0.3) is 21.5 Å². The first kappa shape index (κ1) is 18.4. The van der Waals surface area contributed by atoms with Gasteiger partial charge >= 0.3 is 5.97 Å². The lowest BCUT2D eigenvalue weighted by Gasteiger charge is -2.18. The fourth-order valence-electron chi connectivity index (χ4n) is 3.70. The molecule has 4 rings (SSSR count). The van der Waals surface area contributed by atoms with Crippen LogP contribution in [0, 0.1) is 0 Å². The van der Waals surface area contributed by atoms with Crippen LogP contribution in [0.15, 0.2) is 48.5 Å². The van der Waals surface area contributed by atoms with Crippen LogP contribution in [-0.4, -0.2) is 12.6 Å². The third-order valence-electron chi connectivity index (χ3n) is 5.06. The summed E-state index contributed by atoms with van der Waals surface area (Å²) in [6, 6.07) is 18.0. The molecule has 136 valence electrons. The van der Waals surface area contributed by atoms with Gasteiger partial charge in [-0.3, -0.25) is 4.79 Å². The summed E-state index contributed by atoms with van der Waals surface area (Å²) in [6.07, 6.45) is 7.26. The Bertz CT molecular complexity index is 895. The zero-order valence-electron chi connectivity index (χ0n) is 15.9. The molecule has 0 aromatic heterocycles. The number of rotatable bonds is 3. The molecule has 0 heterocycles. The molecule has 0 radical (unpaired) electrons. The second kappa shape index (κ2) is 8.84. The third-order valence-corrected chi connectivity index (χ3v) is 5.06. The summed E-state index contributed by atoms with van der Waals surface area (Å²) in [6.45, 7) is 4.06. The molecule has 1 aliphatic rings. The first-order valence-electron chi connectivity index (χ1n) is 9.76. The predicted molar refractivity (Wildman–Crippen MR) is 110 cm³/mol. The number of aryl methyl sites for hydroxylation is 2. The lowest BCUT2D eigenvalue weighted by molar-refractivity contribution is -0.141. The van der Waals surface area contributed by atoms with Gasteiger partial charge in [0.2, 0.25) is 0 Å². The standard InChI is InChI=1S/C18H16.C6H12O2/c1-3-7-15-13(5-1)9-11-18-16-8-4-2-6-14(16)10-12-17(15)18;1-3-4-5-8-6(2)7/h1,3,5,7,9-12H,2,4,6,8H2;3-5H2,1-2H3. The number of unbranched alkanes of at least 4 members (excludes halogenated alkanes) is 1. The first-order valence-corrected chi connectivity index (χ1v) is 9.76. The largest absolute Gasteiger partial charge is 0.466 e. The highest BCUT2D eigenvalue weighted by Crippen LogP contribution is 2.33. The smallest absolute Gasteiger partial charge is 0.302 e. The van der Waals surface area contributed by atoms with Gasteiger partial charge in [0.1, 0.15) is 0 Å². The number of fused-ring (bicyclic) bond motifs is 5. The van der Waals surface area contributed by atoms with Crippen molar-refractivity contribution in [3.8, 4) is 0 Å². The second-order valence-corrected chi connectivity index (χ2v) is 6.99. The zero-order chi connectivity index (χ0) is 18.4. The van der Waals surface area contributed by atoms with Crippen LogP contribution >= 0.6 is 0 Å². The van der Waals surface area contributed by atoms with Crippen molar-refractivity contribution in [2.45, 2.75) is 52.4 Å². The van der Waals surface area contributed by atoms with Gasteiger partial charge in [0.25, 0.3) is 0 Å². The van der Waals surface area contributed by atoms with Crippen LogP contribution in [0.4, 0.5) is 0 Å². The molecule has 2 nitrogen and oxygen atoms in total. The molecule has 0 saturated carbocycles. The molecule has 0 fully saturated rings. The molecular weight excluding hydrogens is 320 g/mol. The number of ether oxygens (including phenoxy) is 1. The molecule has 0 N–H and O–H groups in total. The van der Waals surface area contributed by atoms with E-state index >= 15 is 0 Å². The van der Waals surface area contributed by atoms with E-state index in [4.69, 9.17) is 0 Å². The van der Waals surface area contributed by atoms with Gasteiger partial charge in [0.05, 0.1) is 6.61 Å². The predicted octanol–water partition coefficient (Wildman–Crippen LogP) is 6.22. The molecule has 0 atom stereocenters. The molecule has 0 aliphatic heterocycles. The topological polar surface area (TPSA) is 26.3 Å². The van der Waals surface area contributed by atoms with Gasteiger partial charge in [0.15, 0.2) is 0 Å². The molecule has 0 unspecified atom stereocenters. The van der Waals surface area contributed by atoms with Crippen LogP contribution in [0.3, 0.4) is 0 Å². The van der Waals surface area contributed by atoms with Crippen LogP contribution in [-0.2, 0) is 22.4 Å². The number of hydrogen-bond acceptors (Lipinski definition) is 2. The minimum Gasteiger partial charge on any atom is -0.466 e. The van der Waals surface area contributed by atoms with E-state index in [0.29, 0.717) is 6.61 Å². The zero-order valence-corrected chi connectivity index (χ0v) is 15.9. The van der Waals surface area contributed by atoms with Crippen LogP contribution in [0.5, 0.6) is 0 Å². The maximum Gasteiger partial charge on any atom is 0.302 e. The van der Waals surface area contributed by atoms with Crippen LogP contribution < -0.4 is 0 Å². The monoisotopic (exact) mass is 348 g/mol. The molecule has 0 saturated heterocycles. The van der Waals surface area contributed by atoms with E-state index in [1.807, 2.05) is 0 Å². The lowest BCUT2D eigenvalue weighted by Crippen LogP contribution is -2.02. The van der Waals surface area contributed by atoms with Crippen molar-refractivity contribution in [3.63, 3.8) is 0 Å². The fraction of sp³-hybridized carbons (Fsp3) is 0.375. The molecule has 0 amide bonds. The van der Waals surface area contributed by atoms with Gasteiger partial charge in [-0.2, -0.15) is 0 Å². The molecule has 0 bridgehead atoms. The van der Waals surface area contributed by atoms with Crippen molar-refractivity contribution in [1.29, 1.82) is 0 Å². The Morgan fingerprint density at radius 2 is 1.69 bits per heavy atom. The van der Waals surface area contributed by atoms with E-state index in [2.05, 4.69) is 60.2 Å². The third kappa shape index (κ3) is 4.24. The summed E-state index contributed by atoms with van der Waals surface area (Å²) in [5, 5.41) is 5.64. The average molecular weight is 348 g/mol. The number of esters is 1. The number of benzene rings is 3. The maximum atomic E-state index is 10.1. The minimum absolute atomic E-state index is 0.182. The van der Waals surface area contributed by atoms with Gasteiger partial charge in [-0.15, -0.1) is 0 Å². The molecule has 0 spiro atoms. The summed E-state index contributed by atoms with van der Waals surface area (Å²) in [5.41, 5.74) is 3.17. The highest BCUT2D eigenvalue weighted by Gasteiger charge is 2.13. The molecule has 3 aromatic carbocycles. The quantitative estimate of drug-likeness (QED) is 0.319. The van der Waals surface area contributed by atoms with Crippen molar-refractivity contribution in [2.24, 2.45) is 0 Å². The summed E-state index contributed by atoms with van der Waals surface area (Å²) < 4.78 is 4.64. The Morgan fingerprint density at radius 1 is 0.923 bits per heavy atom. The Hall–Kier alpha value is -2.35. The maximum absolute atomic E-state index is 10.1. The summed E-state index contributed by atoms with van der Waals surface area (Å²) in [4.78, 5) is 10.1. The highest BCUT2D eigenvalue weighted by molar-refractivity contribution is 6.08. The summed E-state index contributed by atoms with van der Waals surface area (Å²) in [5.74, 6) is -0.182. The number of hydrogen-bond donors (Lipinski definition) is 0. The van der Waals surface area contributed by atoms with E-state index in [9.17, 15) is 4.79 Å². The van der Waals surface area contributed by atoms with Crippen LogP contribution in [0.2, 0.25) is 0 Å². The van der Waals surface area contributed by atoms with Gasteiger partial charge in [-0.05, 0) is 64.8 Å². The highest BCUT2D eigenvalue weighted by atomic mass is 16.5. The summed E-state index contributed by atoms with van der Waals surface area (Å²) in [7, 11) is 0. The van der Waals surface area contributed by atoms with E-state index < -0.39 is 0 Å². The number of carbonyl (C=O) groups excluding carboxylic acids is 1. The molecule has 2 heteroatoms. The van der Waals surface area contributed by atoms with Crippen molar-refractivity contribution in [3.05, 3.63) is 59.7 Å². The molecule has 26 heavy (non-hydrogen) atoms. The Labute approximate surface area is 156 Å². The minimum atomic E-state index is -0.182. The Balaban J connectivity index is 0.000000211. The fourth-order valence-corrected chi connectivity index (χ4v) is 3.70. The van der Waals surface area contributed by atoms with E-state index in [0.717, 1.165) is 12.8 Å². The van der Waals surface area contributed by atoms with E-state index in [-0.39, 0.29) is 5.97 Å². The van der Waals surface area contributed by atoms with Crippen molar-refractivity contribution in [2.75, 3.05) is 6.61 Å². The summed E-state index contributed by atoms with van der Waals surface area (Å²) >= 11 is 0. The second-order valence-electron chi connectivity index (χ2n) is 6.99. The number of carbonyl (C=O) groups is 1. The average Bonchev–Trinajstić information content (AvgIpc) is 2.68. The molecular formula is C24H28O2. The lowest BCUT2D eigenvalue weighted by atomic mass is 9.86. The van der Waals surface area contributed by atoms with Gasteiger partial charge < -0.3 is 4.74 Å². The van der Waals surface area contributed by atoms with Gasteiger partial charge in [0, 0.05) is 6.92 Å². The van der Waals surface area contributed by atoms with E-state index in [1.165, 1.54) is 54.2 Å². The van der Waals surface area contributed by atoms with Crippen LogP contribution in [0.1, 0.15) is 50.7 Å². The molecule has 3 aromatic rings. The van der Waals surface area contributed by atoms with Gasteiger partial charge in [-0.25, -0.2) is 0 Å². The molecule has 1 aliphatic carbocycles. The SMILES string of the molecule is CCCCOC(C)=O.c1ccc2c(c1)ccc1c3c(ccc12)CCCC3. The first-order chi connectivity index (χ1) is 12.7. The van der Waals surface area contributed by atoms with Crippen molar-refractivity contribution in [1.82, 2.24) is 0 Å². The van der Waals surface area contributed by atoms with Gasteiger partial charge in [-0.1, -0.05) is 61.9 Å². The normalized spacial score (nSPS) is 13.0. The van der Waals surface area contributed by atoms with E-state index in [1.54, 1.807) is 11.1 Å². The van der Waals surface area contributed by atoms with Crippen molar-refractivity contribution >= 4 is 27.5 Å². The van der Waals surface area contributed by atoms with Crippen molar-refractivity contribution < 1.29 is 9.53 Å². The Morgan fingerprint density at radius 3 is 2.50 bits per heavy atom.